The lowest BCUT2D eigenvalue weighted by Crippen LogP contribution is -2.47. The Bertz CT molecular complexity index is 861. The van der Waals surface area contributed by atoms with Gasteiger partial charge in [0.25, 0.3) is 0 Å². The zero-order valence-electron chi connectivity index (χ0n) is 18.6. The van der Waals surface area contributed by atoms with Crippen LogP contribution in [0.4, 0.5) is 0 Å². The van der Waals surface area contributed by atoms with E-state index >= 15 is 0 Å². The van der Waals surface area contributed by atoms with Gasteiger partial charge in [-0.1, -0.05) is 72.3 Å². The number of nitrogens with one attached hydrogen (secondary N) is 1. The average Bonchev–Trinajstić information content (AvgIpc) is 2.82. The summed E-state index contributed by atoms with van der Waals surface area (Å²) in [5, 5.41) is 3.05. The summed E-state index contributed by atoms with van der Waals surface area (Å²) in [6.45, 7) is 2.90. The predicted molar refractivity (Wildman–Crippen MR) is 125 cm³/mol. The molecule has 2 aromatic carbocycles. The second-order valence-corrected chi connectivity index (χ2v) is 8.32. The Balaban J connectivity index is 1.60. The van der Waals surface area contributed by atoms with Gasteiger partial charge in [-0.15, -0.1) is 0 Å². The quantitative estimate of drug-likeness (QED) is 0.549. The molecule has 0 unspecified atom stereocenters. The minimum atomic E-state index is -0.510. The third-order valence-corrected chi connectivity index (χ3v) is 5.96. The molecule has 0 saturated carbocycles. The van der Waals surface area contributed by atoms with Gasteiger partial charge < -0.3 is 10.2 Å². The highest BCUT2D eigenvalue weighted by atomic mass is 16.2. The molecule has 3 rings (SSSR count). The first-order valence-electron chi connectivity index (χ1n) is 11.5. The van der Waals surface area contributed by atoms with Crippen LogP contribution >= 0.6 is 0 Å². The van der Waals surface area contributed by atoms with Crippen LogP contribution < -0.4 is 5.32 Å². The molecule has 0 aromatic heterocycles. The predicted octanol–water partition coefficient (Wildman–Crippen LogP) is 5.04. The van der Waals surface area contributed by atoms with Crippen molar-refractivity contribution in [2.75, 3.05) is 6.54 Å². The molecule has 1 N–H and O–H groups in total. The van der Waals surface area contributed by atoms with Crippen molar-refractivity contribution in [1.29, 1.82) is 0 Å². The van der Waals surface area contributed by atoms with Gasteiger partial charge in [-0.3, -0.25) is 9.59 Å². The van der Waals surface area contributed by atoms with Crippen LogP contribution in [-0.2, 0) is 22.6 Å². The minimum absolute atomic E-state index is 0.00495. The summed E-state index contributed by atoms with van der Waals surface area (Å²) in [7, 11) is 0. The molecule has 1 aliphatic carbocycles. The van der Waals surface area contributed by atoms with Crippen molar-refractivity contribution in [2.45, 2.75) is 64.5 Å². The van der Waals surface area contributed by atoms with Gasteiger partial charge in [0.05, 0.1) is 0 Å². The lowest BCUT2D eigenvalue weighted by molar-refractivity contribution is -0.140. The van der Waals surface area contributed by atoms with E-state index in [4.69, 9.17) is 0 Å². The smallest absolute Gasteiger partial charge is 0.242 e. The van der Waals surface area contributed by atoms with Gasteiger partial charge >= 0.3 is 0 Å². The molecule has 164 valence electrons. The average molecular weight is 419 g/mol. The maximum atomic E-state index is 13.1. The first-order valence-corrected chi connectivity index (χ1v) is 11.5. The molecule has 1 atom stereocenters. The van der Waals surface area contributed by atoms with E-state index in [9.17, 15) is 9.59 Å². The van der Waals surface area contributed by atoms with Crippen LogP contribution in [0.2, 0.25) is 0 Å². The van der Waals surface area contributed by atoms with Crippen LogP contribution in [0.5, 0.6) is 0 Å². The van der Waals surface area contributed by atoms with E-state index in [1.165, 1.54) is 18.4 Å². The molecule has 31 heavy (non-hydrogen) atoms. The Morgan fingerprint density at radius 3 is 2.26 bits per heavy atom. The monoisotopic (exact) mass is 418 g/mol. The van der Waals surface area contributed by atoms with Crippen LogP contribution in [0.3, 0.4) is 0 Å². The van der Waals surface area contributed by atoms with Gasteiger partial charge in [0.1, 0.15) is 6.04 Å². The number of allylic oxidation sites excluding steroid dienone is 1. The van der Waals surface area contributed by atoms with E-state index < -0.39 is 6.04 Å². The molecule has 1 aliphatic rings. The van der Waals surface area contributed by atoms with Crippen LogP contribution in [0, 0.1) is 0 Å². The summed E-state index contributed by atoms with van der Waals surface area (Å²) in [5.74, 6) is -0.0780. The van der Waals surface area contributed by atoms with E-state index in [2.05, 4.69) is 11.4 Å². The van der Waals surface area contributed by atoms with Crippen molar-refractivity contribution < 1.29 is 9.59 Å². The largest absolute Gasteiger partial charge is 0.354 e. The number of hydrogen-bond donors (Lipinski definition) is 1. The molecule has 0 saturated heterocycles. The Labute approximate surface area is 186 Å². The number of hydrogen-bond acceptors (Lipinski definition) is 2. The summed E-state index contributed by atoms with van der Waals surface area (Å²) in [4.78, 5) is 27.7. The molecule has 0 aliphatic heterocycles. The van der Waals surface area contributed by atoms with Gasteiger partial charge in [-0.25, -0.2) is 0 Å². The highest BCUT2D eigenvalue weighted by Gasteiger charge is 2.25. The Hall–Kier alpha value is -2.88. The fourth-order valence-corrected chi connectivity index (χ4v) is 4.03. The molecule has 0 heterocycles. The molecule has 4 nitrogen and oxygen atoms in total. The summed E-state index contributed by atoms with van der Waals surface area (Å²) in [6.07, 6.45) is 9.09. The Morgan fingerprint density at radius 1 is 0.935 bits per heavy atom. The third-order valence-electron chi connectivity index (χ3n) is 5.96. The van der Waals surface area contributed by atoms with Gasteiger partial charge in [0.2, 0.25) is 11.8 Å². The van der Waals surface area contributed by atoms with E-state index in [1.54, 1.807) is 4.90 Å². The maximum absolute atomic E-state index is 13.1. The topological polar surface area (TPSA) is 49.4 Å². The number of nitrogens with zero attached hydrogens (tertiary/aromatic N) is 1. The van der Waals surface area contributed by atoms with Crippen molar-refractivity contribution in [2.24, 2.45) is 0 Å². The summed E-state index contributed by atoms with van der Waals surface area (Å²) in [5.41, 5.74) is 3.61. The van der Waals surface area contributed by atoms with Crippen LogP contribution in [0.1, 0.15) is 56.6 Å². The zero-order chi connectivity index (χ0) is 21.9. The normalized spacial score (nSPS) is 14.4. The molecule has 2 amide bonds. The summed E-state index contributed by atoms with van der Waals surface area (Å²) >= 11 is 0. The first kappa shape index (κ1) is 22.8. The summed E-state index contributed by atoms with van der Waals surface area (Å²) < 4.78 is 0. The van der Waals surface area contributed by atoms with Gasteiger partial charge in [-0.2, -0.15) is 0 Å². The second kappa shape index (κ2) is 12.1. The number of carbonyl (C=O) groups excluding carboxylic acids is 2. The van der Waals surface area contributed by atoms with Crippen molar-refractivity contribution in [3.8, 4) is 0 Å². The van der Waals surface area contributed by atoms with Crippen LogP contribution in [-0.4, -0.2) is 29.3 Å². The Morgan fingerprint density at radius 2 is 1.61 bits per heavy atom. The molecular formula is C27H34N2O2. The second-order valence-electron chi connectivity index (χ2n) is 8.32. The molecule has 0 spiro atoms. The third kappa shape index (κ3) is 7.39. The van der Waals surface area contributed by atoms with Crippen molar-refractivity contribution >= 4 is 11.8 Å². The minimum Gasteiger partial charge on any atom is -0.354 e. The highest BCUT2D eigenvalue weighted by molar-refractivity contribution is 5.87. The van der Waals surface area contributed by atoms with E-state index in [-0.39, 0.29) is 11.8 Å². The Kier molecular flexibility index (Phi) is 8.89. The SMILES string of the molecule is C[C@H](C(=O)NCCC1=CCCCC1)N(Cc1ccccc1)C(=O)CCc1ccccc1. The molecule has 4 heteroatoms. The number of carbonyl (C=O) groups is 2. The summed E-state index contributed by atoms with van der Waals surface area (Å²) in [6, 6.07) is 19.4. The number of amides is 2. The number of benzene rings is 2. The molecule has 0 bridgehead atoms. The van der Waals surface area contributed by atoms with Crippen molar-refractivity contribution in [1.82, 2.24) is 10.2 Å². The zero-order valence-corrected chi connectivity index (χ0v) is 18.6. The van der Waals surface area contributed by atoms with Gasteiger partial charge in [0, 0.05) is 19.5 Å². The van der Waals surface area contributed by atoms with Gasteiger partial charge in [0.15, 0.2) is 0 Å². The van der Waals surface area contributed by atoms with E-state index in [0.29, 0.717) is 25.9 Å². The first-order chi connectivity index (χ1) is 15.1. The fourth-order valence-electron chi connectivity index (χ4n) is 4.03. The van der Waals surface area contributed by atoms with Crippen LogP contribution in [0.15, 0.2) is 72.3 Å². The highest BCUT2D eigenvalue weighted by Crippen LogP contribution is 2.19. The van der Waals surface area contributed by atoms with E-state index in [1.807, 2.05) is 67.6 Å². The molecule has 2 aromatic rings. The van der Waals surface area contributed by atoms with Gasteiger partial charge in [-0.05, 0) is 56.6 Å². The van der Waals surface area contributed by atoms with Crippen molar-refractivity contribution in [3.05, 3.63) is 83.4 Å². The molecular weight excluding hydrogens is 384 g/mol. The molecule has 0 fully saturated rings. The fraction of sp³-hybridized carbons (Fsp3) is 0.407. The number of aryl methyl sites for hydroxylation is 1. The lowest BCUT2D eigenvalue weighted by atomic mass is 9.97. The lowest BCUT2D eigenvalue weighted by Gasteiger charge is -2.29. The van der Waals surface area contributed by atoms with Crippen molar-refractivity contribution in [3.63, 3.8) is 0 Å². The van der Waals surface area contributed by atoms with Crippen LogP contribution in [0.25, 0.3) is 0 Å². The standard InChI is InChI=1S/C27H34N2O2/c1-22(27(31)28-20-19-24-13-7-3-8-14-24)29(21-25-15-9-4-10-16-25)26(30)18-17-23-11-5-2-6-12-23/h2,4-6,9-13,15-16,22H,3,7-8,14,17-21H2,1H3,(H,28,31)/t22-/m1/s1. The number of rotatable bonds is 10. The molecule has 0 radical (unpaired) electrons. The van der Waals surface area contributed by atoms with E-state index in [0.717, 1.165) is 30.4 Å². The maximum Gasteiger partial charge on any atom is 0.242 e.